The first-order valence-electron chi connectivity index (χ1n) is 7.58. The highest BCUT2D eigenvalue weighted by molar-refractivity contribution is 6.30. The summed E-state index contributed by atoms with van der Waals surface area (Å²) in [6.07, 6.45) is 6.72. The Labute approximate surface area is 135 Å². The number of hydrogen-bond donors (Lipinski definition) is 1. The van der Waals surface area contributed by atoms with Gasteiger partial charge < -0.3 is 10.1 Å². The molecule has 0 aliphatic carbocycles. The summed E-state index contributed by atoms with van der Waals surface area (Å²) < 4.78 is 6.29. The Morgan fingerprint density at radius 3 is 3.00 bits per heavy atom. The number of hydrogen-bond acceptors (Lipinski definition) is 3. The molecule has 2 aliphatic heterocycles. The first kappa shape index (κ1) is 13.8. The standard InChI is InChI=1S/C18H17ClN2O/c1-11-17-12(8-9-20-11)2-3-13-4-7-16(22-18(13)17)15-6-5-14(19)10-21-15/h2-7,10-11,16,20H,8-9H2,1H3/t11?,16-/m1/s1. The van der Waals surface area contributed by atoms with Gasteiger partial charge in [0.15, 0.2) is 6.10 Å². The maximum absolute atomic E-state index is 6.29. The van der Waals surface area contributed by atoms with Crippen LogP contribution in [0.15, 0.2) is 36.5 Å². The summed E-state index contributed by atoms with van der Waals surface area (Å²) in [4.78, 5) is 4.38. The van der Waals surface area contributed by atoms with E-state index in [1.165, 1.54) is 11.1 Å². The van der Waals surface area contributed by atoms with Crippen molar-refractivity contribution in [2.75, 3.05) is 6.54 Å². The van der Waals surface area contributed by atoms with E-state index in [0.717, 1.165) is 30.0 Å². The van der Waals surface area contributed by atoms with Crippen LogP contribution in [0.5, 0.6) is 5.75 Å². The van der Waals surface area contributed by atoms with Gasteiger partial charge in [-0.25, -0.2) is 0 Å². The smallest absolute Gasteiger partial charge is 0.159 e. The Kier molecular flexibility index (Phi) is 3.40. The minimum Gasteiger partial charge on any atom is -0.479 e. The van der Waals surface area contributed by atoms with Crippen molar-refractivity contribution >= 4 is 17.7 Å². The second kappa shape index (κ2) is 5.41. The number of rotatable bonds is 1. The predicted molar refractivity (Wildman–Crippen MR) is 88.2 cm³/mol. The molecule has 22 heavy (non-hydrogen) atoms. The van der Waals surface area contributed by atoms with Gasteiger partial charge in [0.2, 0.25) is 0 Å². The number of fused-ring (bicyclic) bond motifs is 3. The molecule has 0 amide bonds. The van der Waals surface area contributed by atoms with Crippen molar-refractivity contribution in [3.8, 4) is 5.75 Å². The second-order valence-electron chi connectivity index (χ2n) is 5.78. The third-order valence-electron chi connectivity index (χ3n) is 4.33. The molecule has 4 rings (SSSR count). The summed E-state index contributed by atoms with van der Waals surface area (Å²) in [5.74, 6) is 0.987. The number of benzene rings is 1. The molecule has 0 fully saturated rings. The highest BCUT2D eigenvalue weighted by atomic mass is 35.5. The predicted octanol–water partition coefficient (Wildman–Crippen LogP) is 4.09. The first-order valence-corrected chi connectivity index (χ1v) is 7.95. The van der Waals surface area contributed by atoms with E-state index >= 15 is 0 Å². The minimum absolute atomic E-state index is 0.162. The van der Waals surface area contributed by atoms with Crippen LogP contribution in [0.3, 0.4) is 0 Å². The zero-order valence-electron chi connectivity index (χ0n) is 12.3. The molecule has 2 aliphatic rings. The molecule has 3 nitrogen and oxygen atoms in total. The number of nitrogens with zero attached hydrogens (tertiary/aromatic N) is 1. The van der Waals surface area contributed by atoms with Crippen LogP contribution in [0.25, 0.3) is 6.08 Å². The largest absolute Gasteiger partial charge is 0.479 e. The summed E-state index contributed by atoms with van der Waals surface area (Å²) >= 11 is 5.92. The van der Waals surface area contributed by atoms with Gasteiger partial charge in [0.25, 0.3) is 0 Å². The van der Waals surface area contributed by atoms with Crippen LogP contribution in [0.2, 0.25) is 5.02 Å². The fraction of sp³-hybridized carbons (Fsp3) is 0.278. The van der Waals surface area contributed by atoms with Crippen LogP contribution < -0.4 is 10.1 Å². The molecule has 4 heteroatoms. The molecule has 0 radical (unpaired) electrons. The molecule has 0 saturated carbocycles. The van der Waals surface area contributed by atoms with Crippen molar-refractivity contribution in [1.82, 2.24) is 10.3 Å². The quantitative estimate of drug-likeness (QED) is 0.861. The number of halogens is 1. The third kappa shape index (κ3) is 2.31. The van der Waals surface area contributed by atoms with Crippen molar-refractivity contribution in [3.05, 3.63) is 63.9 Å². The Morgan fingerprint density at radius 1 is 1.27 bits per heavy atom. The molecule has 0 bridgehead atoms. The zero-order valence-corrected chi connectivity index (χ0v) is 13.1. The molecule has 0 spiro atoms. The number of nitrogens with one attached hydrogen (secondary N) is 1. The Balaban J connectivity index is 1.75. The summed E-state index contributed by atoms with van der Waals surface area (Å²) in [6.45, 7) is 3.21. The molecular formula is C18H17ClN2O. The van der Waals surface area contributed by atoms with Crippen LogP contribution >= 0.6 is 11.6 Å². The van der Waals surface area contributed by atoms with E-state index in [9.17, 15) is 0 Å². The van der Waals surface area contributed by atoms with E-state index in [1.807, 2.05) is 18.2 Å². The normalized spacial score (nSPS) is 22.6. The Hall–Kier alpha value is -1.84. The summed E-state index contributed by atoms with van der Waals surface area (Å²) in [6, 6.07) is 8.44. The average Bonchev–Trinajstić information content (AvgIpc) is 2.55. The summed E-state index contributed by atoms with van der Waals surface area (Å²) in [5, 5.41) is 4.15. The molecule has 1 N–H and O–H groups in total. The van der Waals surface area contributed by atoms with Crippen molar-refractivity contribution in [3.63, 3.8) is 0 Å². The van der Waals surface area contributed by atoms with Gasteiger partial charge in [-0.3, -0.25) is 4.98 Å². The van der Waals surface area contributed by atoms with Gasteiger partial charge in [-0.2, -0.15) is 0 Å². The number of aromatic nitrogens is 1. The molecule has 1 aromatic heterocycles. The second-order valence-corrected chi connectivity index (χ2v) is 6.22. The topological polar surface area (TPSA) is 34.1 Å². The van der Waals surface area contributed by atoms with E-state index in [1.54, 1.807) is 6.20 Å². The van der Waals surface area contributed by atoms with Gasteiger partial charge in [-0.15, -0.1) is 0 Å². The van der Waals surface area contributed by atoms with E-state index in [-0.39, 0.29) is 6.10 Å². The molecule has 112 valence electrons. The van der Waals surface area contributed by atoms with Gasteiger partial charge in [0.05, 0.1) is 10.7 Å². The van der Waals surface area contributed by atoms with Crippen molar-refractivity contribution in [1.29, 1.82) is 0 Å². The van der Waals surface area contributed by atoms with Gasteiger partial charge in [0, 0.05) is 23.4 Å². The molecule has 2 aromatic rings. The molecular weight excluding hydrogens is 296 g/mol. The Morgan fingerprint density at radius 2 is 2.18 bits per heavy atom. The highest BCUT2D eigenvalue weighted by Gasteiger charge is 2.26. The SMILES string of the molecule is CC1NCCc2ccc3c(c21)O[C@@H](c1ccc(Cl)cn1)C=C3. The van der Waals surface area contributed by atoms with Crippen molar-refractivity contribution in [2.24, 2.45) is 0 Å². The number of pyridine rings is 1. The van der Waals surface area contributed by atoms with Crippen LogP contribution in [-0.2, 0) is 6.42 Å². The Bertz CT molecular complexity index is 739. The van der Waals surface area contributed by atoms with Crippen LogP contribution in [0.1, 0.15) is 41.5 Å². The van der Waals surface area contributed by atoms with Gasteiger partial charge in [-0.05, 0) is 43.7 Å². The lowest BCUT2D eigenvalue weighted by atomic mass is 9.91. The van der Waals surface area contributed by atoms with E-state index in [4.69, 9.17) is 16.3 Å². The summed E-state index contributed by atoms with van der Waals surface area (Å²) in [5.41, 5.74) is 4.68. The fourth-order valence-electron chi connectivity index (χ4n) is 3.21. The zero-order chi connectivity index (χ0) is 15.1. The molecule has 2 atom stereocenters. The molecule has 0 saturated heterocycles. The van der Waals surface area contributed by atoms with E-state index in [0.29, 0.717) is 11.1 Å². The van der Waals surface area contributed by atoms with E-state index in [2.05, 4.69) is 35.4 Å². The maximum Gasteiger partial charge on any atom is 0.159 e. The van der Waals surface area contributed by atoms with Gasteiger partial charge in [-0.1, -0.05) is 29.8 Å². The van der Waals surface area contributed by atoms with Gasteiger partial charge in [0.1, 0.15) is 5.75 Å². The molecule has 1 unspecified atom stereocenters. The first-order chi connectivity index (χ1) is 10.7. The maximum atomic E-state index is 6.29. The molecule has 1 aromatic carbocycles. The van der Waals surface area contributed by atoms with Crippen LogP contribution in [0.4, 0.5) is 0 Å². The number of ether oxygens (including phenoxy) is 1. The lowest BCUT2D eigenvalue weighted by Gasteiger charge is -2.30. The van der Waals surface area contributed by atoms with Gasteiger partial charge >= 0.3 is 0 Å². The third-order valence-corrected chi connectivity index (χ3v) is 4.56. The van der Waals surface area contributed by atoms with Crippen LogP contribution in [0, 0.1) is 0 Å². The lowest BCUT2D eigenvalue weighted by molar-refractivity contribution is 0.241. The van der Waals surface area contributed by atoms with Crippen molar-refractivity contribution in [2.45, 2.75) is 25.5 Å². The molecule has 3 heterocycles. The lowest BCUT2D eigenvalue weighted by Crippen LogP contribution is -2.29. The van der Waals surface area contributed by atoms with Crippen molar-refractivity contribution < 1.29 is 4.74 Å². The van der Waals surface area contributed by atoms with E-state index < -0.39 is 0 Å². The van der Waals surface area contributed by atoms with Crippen LogP contribution in [-0.4, -0.2) is 11.5 Å². The monoisotopic (exact) mass is 312 g/mol. The average molecular weight is 313 g/mol. The minimum atomic E-state index is -0.162. The summed E-state index contributed by atoms with van der Waals surface area (Å²) in [7, 11) is 0. The fourth-order valence-corrected chi connectivity index (χ4v) is 3.32. The highest BCUT2D eigenvalue weighted by Crippen LogP contribution is 2.40.